The van der Waals surface area contributed by atoms with Crippen molar-refractivity contribution in [1.29, 1.82) is 0 Å². The fourth-order valence-electron chi connectivity index (χ4n) is 2.20. The van der Waals surface area contributed by atoms with Crippen molar-refractivity contribution in [3.63, 3.8) is 0 Å². The first kappa shape index (κ1) is 24.3. The Hall–Kier alpha value is -3.94. The van der Waals surface area contributed by atoms with E-state index in [0.717, 1.165) is 31.4 Å². The molecule has 0 aromatic heterocycles. The molecule has 0 bridgehead atoms. The fourth-order valence-corrected chi connectivity index (χ4v) is 2.98. The predicted molar refractivity (Wildman–Crippen MR) is 106 cm³/mol. The van der Waals surface area contributed by atoms with Crippen molar-refractivity contribution in [2.24, 2.45) is 0 Å². The van der Waals surface area contributed by atoms with Crippen molar-refractivity contribution >= 4 is 39.6 Å². The molecule has 172 valence electrons. The van der Waals surface area contributed by atoms with Crippen LogP contribution in [0.15, 0.2) is 36.4 Å². The molecule has 0 unspecified atom stereocenters. The number of halogens is 2. The maximum Gasteiger partial charge on any atom is 0.422 e. The van der Waals surface area contributed by atoms with Gasteiger partial charge in [-0.25, -0.2) is 23.1 Å². The van der Waals surface area contributed by atoms with E-state index in [4.69, 9.17) is 4.74 Å². The topological polar surface area (TPSA) is 149 Å². The average molecular weight is 473 g/mol. The highest BCUT2D eigenvalue weighted by Gasteiger charge is 2.20. The van der Waals surface area contributed by atoms with Gasteiger partial charge in [0.05, 0.1) is 19.9 Å². The Morgan fingerprint density at radius 3 is 2.34 bits per heavy atom. The lowest BCUT2D eigenvalue weighted by atomic mass is 10.1. The molecule has 0 aliphatic carbocycles. The van der Waals surface area contributed by atoms with Gasteiger partial charge in [0, 0.05) is 17.3 Å². The third-order valence-electron chi connectivity index (χ3n) is 3.65. The van der Waals surface area contributed by atoms with Crippen LogP contribution in [0.25, 0.3) is 0 Å². The van der Waals surface area contributed by atoms with Gasteiger partial charge in [-0.3, -0.25) is 9.52 Å². The number of esters is 1. The van der Waals surface area contributed by atoms with Crippen LogP contribution in [0.2, 0.25) is 0 Å². The molecule has 0 saturated heterocycles. The minimum absolute atomic E-state index is 0.0114. The molecule has 32 heavy (non-hydrogen) atoms. The van der Waals surface area contributed by atoms with Crippen molar-refractivity contribution in [3.8, 4) is 5.75 Å². The number of hydrogen-bond donors (Lipinski definition) is 3. The number of carbonyl (C=O) groups excluding carboxylic acids is 3. The van der Waals surface area contributed by atoms with Gasteiger partial charge in [0.25, 0.3) is 5.91 Å². The Kier molecular flexibility index (Phi) is 7.90. The molecule has 0 heterocycles. The monoisotopic (exact) mass is 473 g/mol. The first-order valence-corrected chi connectivity index (χ1v) is 10.0. The number of benzene rings is 2. The first-order chi connectivity index (χ1) is 15.0. The van der Waals surface area contributed by atoms with E-state index in [1.165, 1.54) is 24.0 Å². The van der Waals surface area contributed by atoms with Crippen LogP contribution in [0, 0.1) is 11.6 Å². The van der Waals surface area contributed by atoms with Crippen LogP contribution in [0.4, 0.5) is 25.0 Å². The molecular weight excluding hydrogens is 456 g/mol. The van der Waals surface area contributed by atoms with Crippen LogP contribution in [-0.4, -0.2) is 47.2 Å². The van der Waals surface area contributed by atoms with Crippen LogP contribution < -0.4 is 19.5 Å². The van der Waals surface area contributed by atoms with E-state index in [9.17, 15) is 31.6 Å². The SMILES string of the molecule is COC(=O)COC(=O)NS(=O)(=O)Nc1cc(C(=O)Nc2ccc(F)c(F)c2)ccc1OC. The number of nitrogens with one attached hydrogen (secondary N) is 3. The summed E-state index contributed by atoms with van der Waals surface area (Å²) < 4.78 is 67.8. The van der Waals surface area contributed by atoms with E-state index in [-0.39, 0.29) is 22.7 Å². The predicted octanol–water partition coefficient (Wildman–Crippen LogP) is 1.78. The number of methoxy groups -OCH3 is 2. The summed E-state index contributed by atoms with van der Waals surface area (Å²) in [5, 5.41) is 2.32. The molecule has 0 aliphatic heterocycles. The van der Waals surface area contributed by atoms with Gasteiger partial charge in [0.2, 0.25) is 0 Å². The molecule has 0 saturated carbocycles. The normalized spacial score (nSPS) is 10.6. The van der Waals surface area contributed by atoms with Crippen molar-refractivity contribution < 1.29 is 45.8 Å². The second-order valence-corrected chi connectivity index (χ2v) is 7.27. The van der Waals surface area contributed by atoms with Crippen LogP contribution in [-0.2, 0) is 24.5 Å². The number of amides is 2. The summed E-state index contributed by atoms with van der Waals surface area (Å²) >= 11 is 0. The number of carbonyl (C=O) groups is 3. The van der Waals surface area contributed by atoms with Crippen LogP contribution in [0.1, 0.15) is 10.4 Å². The molecule has 2 aromatic rings. The summed E-state index contributed by atoms with van der Waals surface area (Å²) in [6.07, 6.45) is -1.46. The van der Waals surface area contributed by atoms with Gasteiger partial charge in [-0.1, -0.05) is 0 Å². The molecule has 0 spiro atoms. The van der Waals surface area contributed by atoms with Crippen molar-refractivity contribution in [3.05, 3.63) is 53.6 Å². The van der Waals surface area contributed by atoms with Crippen LogP contribution in [0.5, 0.6) is 5.75 Å². The quantitative estimate of drug-likeness (QED) is 0.491. The van der Waals surface area contributed by atoms with E-state index in [2.05, 4.69) is 14.8 Å². The Balaban J connectivity index is 2.16. The standard InChI is InChI=1S/C18H17F2N3O8S/c1-29-15-6-3-10(17(25)21-11-4-5-12(19)13(20)8-11)7-14(15)22-32(27,28)23-18(26)31-9-16(24)30-2/h3-8,22H,9H2,1-2H3,(H,21,25)(H,23,26). The minimum atomic E-state index is -4.56. The number of rotatable bonds is 8. The molecule has 0 radical (unpaired) electrons. The van der Waals surface area contributed by atoms with E-state index in [1.807, 2.05) is 4.72 Å². The summed E-state index contributed by atoms with van der Waals surface area (Å²) in [5.41, 5.74) is -0.359. The van der Waals surface area contributed by atoms with E-state index in [0.29, 0.717) is 0 Å². The molecule has 3 N–H and O–H groups in total. The van der Waals surface area contributed by atoms with E-state index in [1.54, 1.807) is 0 Å². The average Bonchev–Trinajstić information content (AvgIpc) is 2.73. The Morgan fingerprint density at radius 2 is 1.72 bits per heavy atom. The van der Waals surface area contributed by atoms with Gasteiger partial charge < -0.3 is 19.5 Å². The highest BCUT2D eigenvalue weighted by Crippen LogP contribution is 2.27. The molecular formula is C18H17F2N3O8S. The zero-order valence-electron chi connectivity index (χ0n) is 16.6. The van der Waals surface area contributed by atoms with Gasteiger partial charge >= 0.3 is 22.3 Å². The molecule has 2 rings (SSSR count). The maximum atomic E-state index is 13.3. The van der Waals surface area contributed by atoms with Crippen molar-refractivity contribution in [2.75, 3.05) is 30.9 Å². The third kappa shape index (κ3) is 6.80. The lowest BCUT2D eigenvalue weighted by Gasteiger charge is -2.14. The summed E-state index contributed by atoms with van der Waals surface area (Å²) in [6, 6.07) is 6.34. The lowest BCUT2D eigenvalue weighted by Crippen LogP contribution is -2.36. The lowest BCUT2D eigenvalue weighted by molar-refractivity contribution is -0.143. The van der Waals surface area contributed by atoms with Gasteiger partial charge in [-0.2, -0.15) is 8.42 Å². The van der Waals surface area contributed by atoms with E-state index >= 15 is 0 Å². The number of ether oxygens (including phenoxy) is 3. The zero-order valence-corrected chi connectivity index (χ0v) is 17.4. The highest BCUT2D eigenvalue weighted by atomic mass is 32.2. The summed E-state index contributed by atoms with van der Waals surface area (Å²) in [4.78, 5) is 34.9. The highest BCUT2D eigenvalue weighted by molar-refractivity contribution is 7.91. The number of anilines is 2. The van der Waals surface area contributed by atoms with Gasteiger partial charge in [0.15, 0.2) is 18.2 Å². The van der Waals surface area contributed by atoms with Gasteiger partial charge in [-0.15, -0.1) is 0 Å². The smallest absolute Gasteiger partial charge is 0.422 e. The number of hydrogen-bond acceptors (Lipinski definition) is 8. The summed E-state index contributed by atoms with van der Waals surface area (Å²) in [5.74, 6) is -3.96. The molecule has 11 nitrogen and oxygen atoms in total. The molecule has 0 atom stereocenters. The van der Waals surface area contributed by atoms with Crippen molar-refractivity contribution in [1.82, 2.24) is 4.72 Å². The molecule has 2 amide bonds. The van der Waals surface area contributed by atoms with Crippen LogP contribution >= 0.6 is 0 Å². The first-order valence-electron chi connectivity index (χ1n) is 8.53. The fraction of sp³-hybridized carbons (Fsp3) is 0.167. The van der Waals surface area contributed by atoms with E-state index < -0.39 is 46.4 Å². The second-order valence-electron chi connectivity index (χ2n) is 5.86. The molecule has 0 fully saturated rings. The summed E-state index contributed by atoms with van der Waals surface area (Å²) in [7, 11) is -2.29. The third-order valence-corrected chi connectivity index (χ3v) is 4.57. The zero-order chi connectivity index (χ0) is 23.9. The maximum absolute atomic E-state index is 13.3. The molecule has 0 aliphatic rings. The Bertz CT molecular complexity index is 1140. The minimum Gasteiger partial charge on any atom is -0.495 e. The Labute approximate surface area is 180 Å². The van der Waals surface area contributed by atoms with Crippen molar-refractivity contribution in [2.45, 2.75) is 0 Å². The largest absolute Gasteiger partial charge is 0.495 e. The van der Waals surface area contributed by atoms with Gasteiger partial charge in [-0.05, 0) is 30.3 Å². The second kappa shape index (κ2) is 10.4. The Morgan fingerprint density at radius 1 is 1.00 bits per heavy atom. The van der Waals surface area contributed by atoms with Crippen LogP contribution in [0.3, 0.4) is 0 Å². The summed E-state index contributed by atoms with van der Waals surface area (Å²) in [6.45, 7) is -0.819. The van der Waals surface area contributed by atoms with Gasteiger partial charge in [0.1, 0.15) is 5.75 Å². The molecule has 14 heteroatoms. The molecule has 2 aromatic carbocycles.